The summed E-state index contributed by atoms with van der Waals surface area (Å²) < 4.78 is 11.0. The van der Waals surface area contributed by atoms with Crippen LogP contribution in [0.3, 0.4) is 0 Å². The number of rotatable bonds is 4. The first-order valence-corrected chi connectivity index (χ1v) is 7.46. The summed E-state index contributed by atoms with van der Waals surface area (Å²) in [6.07, 6.45) is 0. The number of hydrogen-bond donors (Lipinski definition) is 5. The zero-order chi connectivity index (χ0) is 19.3. The molecule has 8 heteroatoms. The van der Waals surface area contributed by atoms with Gasteiger partial charge in [0.15, 0.2) is 23.2 Å². The van der Waals surface area contributed by atoms with Gasteiger partial charge >= 0.3 is 0 Å². The number of amidine groups is 2. The van der Waals surface area contributed by atoms with E-state index in [0.29, 0.717) is 23.0 Å². The van der Waals surface area contributed by atoms with Gasteiger partial charge in [-0.05, 0) is 24.3 Å². The van der Waals surface area contributed by atoms with E-state index in [2.05, 4.69) is 0 Å². The van der Waals surface area contributed by atoms with Gasteiger partial charge in [0.1, 0.15) is 11.5 Å². The van der Waals surface area contributed by atoms with E-state index in [1.165, 1.54) is 0 Å². The van der Waals surface area contributed by atoms with Crippen molar-refractivity contribution in [1.82, 2.24) is 0 Å². The predicted octanol–water partition coefficient (Wildman–Crippen LogP) is 2.87. The Morgan fingerprint density at radius 2 is 1.12 bits per heavy atom. The van der Waals surface area contributed by atoms with Gasteiger partial charge < -0.3 is 25.4 Å². The van der Waals surface area contributed by atoms with Crippen molar-refractivity contribution in [3.05, 3.63) is 60.1 Å². The molecule has 3 rings (SSSR count). The first-order chi connectivity index (χ1) is 12.3. The van der Waals surface area contributed by atoms with Crippen LogP contribution in [0, 0.1) is 10.8 Å². The fourth-order valence-electron chi connectivity index (χ4n) is 2.07. The maximum atomic E-state index is 9.00. The molecule has 0 saturated carbocycles. The fourth-order valence-corrected chi connectivity index (χ4v) is 2.07. The summed E-state index contributed by atoms with van der Waals surface area (Å²) in [5, 5.41) is 22.1. The second-order valence-electron chi connectivity index (χ2n) is 5.25. The lowest BCUT2D eigenvalue weighted by Gasteiger charge is -2.00. The van der Waals surface area contributed by atoms with E-state index in [-0.39, 0.29) is 11.7 Å². The summed E-state index contributed by atoms with van der Waals surface area (Å²) in [7, 11) is 0. The van der Waals surface area contributed by atoms with E-state index in [1.807, 2.05) is 24.3 Å². The lowest BCUT2D eigenvalue weighted by Crippen LogP contribution is -2.09. The van der Waals surface area contributed by atoms with Crippen LogP contribution >= 0.6 is 0 Å². The second-order valence-corrected chi connectivity index (χ2v) is 5.25. The highest BCUT2D eigenvalue weighted by molar-refractivity contribution is 5.93. The first kappa shape index (κ1) is 18.5. The van der Waals surface area contributed by atoms with Crippen molar-refractivity contribution in [3.8, 4) is 22.6 Å². The summed E-state index contributed by atoms with van der Waals surface area (Å²) in [6, 6.07) is 14.4. The number of carboxylic acid groups (broad SMARTS) is 1. The van der Waals surface area contributed by atoms with Crippen LogP contribution in [0.15, 0.2) is 57.4 Å². The molecule has 0 unspecified atom stereocenters. The topological polar surface area (TPSA) is 163 Å². The van der Waals surface area contributed by atoms with Crippen LogP contribution in [0.5, 0.6) is 0 Å². The maximum absolute atomic E-state index is 9.00. The molecule has 0 bridgehead atoms. The van der Waals surface area contributed by atoms with Gasteiger partial charge in [0.05, 0.1) is 0 Å². The Hall–Kier alpha value is -3.81. The zero-order valence-electron chi connectivity index (χ0n) is 13.9. The summed E-state index contributed by atoms with van der Waals surface area (Å²) in [5.74, 6) is 0.930. The van der Waals surface area contributed by atoms with E-state index in [9.17, 15) is 0 Å². The number of carbonyl (C=O) groups is 1. The molecule has 0 saturated heterocycles. The molecule has 3 aromatic rings. The van der Waals surface area contributed by atoms with Crippen molar-refractivity contribution in [1.29, 1.82) is 10.8 Å². The van der Waals surface area contributed by atoms with Crippen molar-refractivity contribution in [2.24, 2.45) is 11.5 Å². The van der Waals surface area contributed by atoms with Crippen LogP contribution < -0.4 is 11.5 Å². The molecule has 2 aromatic heterocycles. The largest absolute Gasteiger partial charge is 0.481 e. The minimum Gasteiger partial charge on any atom is -0.481 e. The van der Waals surface area contributed by atoms with Gasteiger partial charge in [0.25, 0.3) is 5.97 Å². The maximum Gasteiger partial charge on any atom is 0.300 e. The average Bonchev–Trinajstić information content (AvgIpc) is 3.24. The standard InChI is InChI=1S/C16H14N4O2.C2H4O2/c17-15(18)13-7-5-11(21-13)9-1-2-10(4-3-9)12-6-8-14(22-12)16(19)20;1-2(3)4/h1-8H,(H3,17,18)(H3,19,20);1H3,(H,3,4). The molecule has 8 nitrogen and oxygen atoms in total. The van der Waals surface area contributed by atoms with Crippen molar-refractivity contribution >= 4 is 17.6 Å². The highest BCUT2D eigenvalue weighted by atomic mass is 16.4. The summed E-state index contributed by atoms with van der Waals surface area (Å²) in [4.78, 5) is 9.00. The van der Waals surface area contributed by atoms with Gasteiger partial charge in [-0.25, -0.2) is 0 Å². The number of furan rings is 2. The molecular formula is C18H18N4O4. The molecular weight excluding hydrogens is 336 g/mol. The average molecular weight is 354 g/mol. The Bertz CT molecular complexity index is 863. The normalized spacial score (nSPS) is 9.88. The second kappa shape index (κ2) is 7.84. The molecule has 0 spiro atoms. The fraction of sp³-hybridized carbons (Fsp3) is 0.0556. The van der Waals surface area contributed by atoms with Crippen LogP contribution in [0.25, 0.3) is 22.6 Å². The van der Waals surface area contributed by atoms with Crippen molar-refractivity contribution in [2.75, 3.05) is 0 Å². The Morgan fingerprint density at radius 3 is 1.35 bits per heavy atom. The number of aliphatic carboxylic acids is 1. The van der Waals surface area contributed by atoms with Crippen LogP contribution in [-0.2, 0) is 4.79 Å². The molecule has 2 heterocycles. The minimum absolute atomic E-state index is 0.102. The molecule has 0 aliphatic carbocycles. The summed E-state index contributed by atoms with van der Waals surface area (Å²) in [6.45, 7) is 1.08. The molecule has 134 valence electrons. The van der Waals surface area contributed by atoms with E-state index < -0.39 is 5.97 Å². The zero-order valence-corrected chi connectivity index (χ0v) is 13.9. The van der Waals surface area contributed by atoms with E-state index in [0.717, 1.165) is 18.1 Å². The number of benzene rings is 1. The number of hydrogen-bond acceptors (Lipinski definition) is 5. The number of nitrogen functional groups attached to an aromatic ring is 2. The Labute approximate surface area is 149 Å². The SMILES string of the molecule is CC(=O)O.N=C(N)c1ccc(-c2ccc(-c3ccc(C(=N)N)o3)cc2)o1. The Kier molecular flexibility index (Phi) is 5.59. The van der Waals surface area contributed by atoms with Gasteiger partial charge in [-0.3, -0.25) is 15.6 Å². The lowest BCUT2D eigenvalue weighted by molar-refractivity contribution is -0.134. The molecule has 0 aliphatic rings. The smallest absolute Gasteiger partial charge is 0.300 e. The third kappa shape index (κ3) is 4.60. The molecule has 7 N–H and O–H groups in total. The number of nitrogens with one attached hydrogen (secondary N) is 2. The number of carboxylic acids is 1. The first-order valence-electron chi connectivity index (χ1n) is 7.46. The third-order valence-corrected chi connectivity index (χ3v) is 3.20. The summed E-state index contributed by atoms with van der Waals surface area (Å²) >= 11 is 0. The molecule has 0 radical (unpaired) electrons. The van der Waals surface area contributed by atoms with Crippen molar-refractivity contribution < 1.29 is 18.7 Å². The van der Waals surface area contributed by atoms with E-state index >= 15 is 0 Å². The van der Waals surface area contributed by atoms with Crippen LogP contribution in [0.4, 0.5) is 0 Å². The molecule has 0 fully saturated rings. The molecule has 1 aromatic carbocycles. The minimum atomic E-state index is -0.833. The quantitative estimate of drug-likeness (QED) is 0.357. The highest BCUT2D eigenvalue weighted by Crippen LogP contribution is 2.27. The van der Waals surface area contributed by atoms with E-state index in [1.54, 1.807) is 24.3 Å². The Balaban J connectivity index is 0.000000552. The van der Waals surface area contributed by atoms with Gasteiger partial charge in [-0.1, -0.05) is 24.3 Å². The number of nitrogens with two attached hydrogens (primary N) is 2. The summed E-state index contributed by atoms with van der Waals surface area (Å²) in [5.41, 5.74) is 12.5. The molecule has 26 heavy (non-hydrogen) atoms. The van der Waals surface area contributed by atoms with E-state index in [4.69, 9.17) is 41.0 Å². The van der Waals surface area contributed by atoms with Crippen LogP contribution in [-0.4, -0.2) is 22.7 Å². The molecule has 0 amide bonds. The predicted molar refractivity (Wildman–Crippen MR) is 97.2 cm³/mol. The molecule has 0 aliphatic heterocycles. The highest BCUT2D eigenvalue weighted by Gasteiger charge is 2.09. The van der Waals surface area contributed by atoms with Gasteiger partial charge in [-0.2, -0.15) is 0 Å². The van der Waals surface area contributed by atoms with Crippen LogP contribution in [0.2, 0.25) is 0 Å². The van der Waals surface area contributed by atoms with Gasteiger partial charge in [0, 0.05) is 18.1 Å². The van der Waals surface area contributed by atoms with Crippen molar-refractivity contribution in [3.63, 3.8) is 0 Å². The lowest BCUT2D eigenvalue weighted by atomic mass is 10.1. The van der Waals surface area contributed by atoms with Gasteiger partial charge in [-0.15, -0.1) is 0 Å². The monoisotopic (exact) mass is 354 g/mol. The Morgan fingerprint density at radius 1 is 0.808 bits per heavy atom. The van der Waals surface area contributed by atoms with Gasteiger partial charge in [0.2, 0.25) is 0 Å². The third-order valence-electron chi connectivity index (χ3n) is 3.20. The van der Waals surface area contributed by atoms with Crippen LogP contribution in [0.1, 0.15) is 18.4 Å². The molecule has 0 atom stereocenters. The van der Waals surface area contributed by atoms with Crippen molar-refractivity contribution in [2.45, 2.75) is 6.92 Å².